The molecule has 33 heavy (non-hydrogen) atoms. The number of hydrogen-bond acceptors (Lipinski definition) is 2. The Bertz CT molecular complexity index is 363. The molecule has 1 unspecified atom stereocenters. The summed E-state index contributed by atoms with van der Waals surface area (Å²) in [5, 5.41) is 0. The predicted molar refractivity (Wildman–Crippen MR) is 144 cm³/mol. The molecule has 0 saturated carbocycles. The minimum Gasteiger partial charge on any atom is -0.350 e. The van der Waals surface area contributed by atoms with Crippen LogP contribution >= 0.6 is 0 Å². The number of hydrogen-bond donors (Lipinski definition) is 0. The highest BCUT2D eigenvalue weighted by Gasteiger charge is 2.28. The van der Waals surface area contributed by atoms with Crippen molar-refractivity contribution in [1.82, 2.24) is 0 Å². The van der Waals surface area contributed by atoms with Gasteiger partial charge < -0.3 is 9.47 Å². The minimum absolute atomic E-state index is 0.157. The van der Waals surface area contributed by atoms with E-state index in [-0.39, 0.29) is 12.5 Å². The van der Waals surface area contributed by atoms with Gasteiger partial charge in [-0.2, -0.15) is 0 Å². The summed E-state index contributed by atoms with van der Waals surface area (Å²) >= 11 is 0. The minimum atomic E-state index is -0.362. The highest BCUT2D eigenvalue weighted by molar-refractivity contribution is 4.69. The molecule has 0 heterocycles. The van der Waals surface area contributed by atoms with Crippen molar-refractivity contribution in [2.24, 2.45) is 0 Å². The van der Waals surface area contributed by atoms with Gasteiger partial charge in [0, 0.05) is 13.0 Å². The van der Waals surface area contributed by atoms with Crippen LogP contribution in [0, 0.1) is 0 Å². The first-order valence-electron chi connectivity index (χ1n) is 15.1. The Labute approximate surface area is 208 Å². The molecule has 2 nitrogen and oxygen atoms in total. The Hall–Kier alpha value is -0.150. The summed E-state index contributed by atoms with van der Waals surface area (Å²) in [7, 11) is 0. The van der Waals surface area contributed by atoms with Gasteiger partial charge in [0.1, 0.15) is 0 Å². The molecule has 0 N–H and O–H groups in total. The lowest BCUT2D eigenvalue weighted by Gasteiger charge is -2.33. The number of unbranched alkanes of at least 4 members (excludes halogenated alkanes) is 19. The molecule has 0 aromatic heterocycles. The van der Waals surface area contributed by atoms with Crippen LogP contribution in [0.4, 0.5) is 4.39 Å². The van der Waals surface area contributed by atoms with E-state index in [0.29, 0.717) is 0 Å². The summed E-state index contributed by atoms with van der Waals surface area (Å²) in [6.07, 6.45) is 29.1. The van der Waals surface area contributed by atoms with Crippen LogP contribution < -0.4 is 0 Å². The van der Waals surface area contributed by atoms with E-state index in [1.54, 1.807) is 0 Å². The van der Waals surface area contributed by atoms with Gasteiger partial charge in [0.2, 0.25) is 0 Å². The molecular formula is C30H61FO2. The molecule has 0 rings (SSSR count). The third kappa shape index (κ3) is 22.1. The molecule has 200 valence electrons. The predicted octanol–water partition coefficient (Wildman–Crippen LogP) is 10.7. The van der Waals surface area contributed by atoms with Crippen molar-refractivity contribution in [2.75, 3.05) is 19.9 Å². The molecule has 0 bridgehead atoms. The van der Waals surface area contributed by atoms with Gasteiger partial charge in [0.15, 0.2) is 5.79 Å². The van der Waals surface area contributed by atoms with Crippen LogP contribution in [-0.4, -0.2) is 25.7 Å². The maximum atomic E-state index is 12.1. The van der Waals surface area contributed by atoms with E-state index in [1.165, 1.54) is 116 Å². The second-order valence-corrected chi connectivity index (χ2v) is 10.1. The molecule has 0 spiro atoms. The Morgan fingerprint density at radius 1 is 0.485 bits per heavy atom. The van der Waals surface area contributed by atoms with Crippen molar-refractivity contribution in [2.45, 2.75) is 174 Å². The van der Waals surface area contributed by atoms with Crippen molar-refractivity contribution in [3.05, 3.63) is 0 Å². The lowest BCUT2D eigenvalue weighted by atomic mass is 10.0. The van der Waals surface area contributed by atoms with Crippen molar-refractivity contribution in [3.63, 3.8) is 0 Å². The summed E-state index contributed by atoms with van der Waals surface area (Å²) in [5.41, 5.74) is 0. The van der Waals surface area contributed by atoms with Crippen LogP contribution in [0.25, 0.3) is 0 Å². The smallest absolute Gasteiger partial charge is 0.167 e. The molecule has 0 aliphatic heterocycles. The van der Waals surface area contributed by atoms with E-state index in [4.69, 9.17) is 9.47 Å². The van der Waals surface area contributed by atoms with Crippen molar-refractivity contribution in [1.29, 1.82) is 0 Å². The summed E-state index contributed by atoms with van der Waals surface area (Å²) in [5.74, 6) is -0.362. The van der Waals surface area contributed by atoms with Crippen LogP contribution in [0.1, 0.15) is 168 Å². The van der Waals surface area contributed by atoms with E-state index in [1.807, 2.05) is 0 Å². The first-order valence-corrected chi connectivity index (χ1v) is 15.1. The molecule has 0 amide bonds. The topological polar surface area (TPSA) is 18.5 Å². The molecule has 0 aromatic rings. The van der Waals surface area contributed by atoms with Crippen molar-refractivity contribution >= 4 is 0 Å². The first kappa shape index (κ1) is 32.8. The molecule has 0 fully saturated rings. The summed E-state index contributed by atoms with van der Waals surface area (Å²) in [4.78, 5) is 0. The van der Waals surface area contributed by atoms with E-state index < -0.39 is 0 Å². The molecule has 0 aromatic carbocycles. The van der Waals surface area contributed by atoms with Gasteiger partial charge in [-0.3, -0.25) is 4.39 Å². The second kappa shape index (κ2) is 26.5. The number of halogens is 1. The van der Waals surface area contributed by atoms with Gasteiger partial charge >= 0.3 is 0 Å². The van der Waals surface area contributed by atoms with Crippen LogP contribution in [0.2, 0.25) is 0 Å². The SMILES string of the molecule is CCCCCCCCCCCCCCCC(CC)(OCC)OCCCCCCCCCCF. The zero-order valence-electron chi connectivity index (χ0n) is 23.1. The molecule has 1 atom stereocenters. The molecular weight excluding hydrogens is 411 g/mol. The summed E-state index contributed by atoms with van der Waals surface area (Å²) in [6, 6.07) is 0. The lowest BCUT2D eigenvalue weighted by Crippen LogP contribution is -2.36. The van der Waals surface area contributed by atoms with Crippen LogP contribution in [0.3, 0.4) is 0 Å². The monoisotopic (exact) mass is 472 g/mol. The van der Waals surface area contributed by atoms with Crippen LogP contribution in [-0.2, 0) is 9.47 Å². The Morgan fingerprint density at radius 2 is 0.909 bits per heavy atom. The lowest BCUT2D eigenvalue weighted by molar-refractivity contribution is -0.241. The average Bonchev–Trinajstić information content (AvgIpc) is 2.83. The zero-order valence-corrected chi connectivity index (χ0v) is 23.1. The van der Waals surface area contributed by atoms with Gasteiger partial charge in [-0.05, 0) is 32.6 Å². The third-order valence-electron chi connectivity index (χ3n) is 7.00. The molecule has 0 radical (unpaired) electrons. The van der Waals surface area contributed by atoms with E-state index in [2.05, 4.69) is 20.8 Å². The fourth-order valence-electron chi connectivity index (χ4n) is 4.76. The average molecular weight is 473 g/mol. The summed E-state index contributed by atoms with van der Waals surface area (Å²) < 4.78 is 24.5. The summed E-state index contributed by atoms with van der Waals surface area (Å²) in [6.45, 7) is 7.96. The highest BCUT2D eigenvalue weighted by Crippen LogP contribution is 2.26. The van der Waals surface area contributed by atoms with Gasteiger partial charge in [-0.15, -0.1) is 0 Å². The second-order valence-electron chi connectivity index (χ2n) is 10.1. The number of ether oxygens (including phenoxy) is 2. The van der Waals surface area contributed by atoms with Gasteiger partial charge in [0.25, 0.3) is 0 Å². The quantitative estimate of drug-likeness (QED) is 0.0832. The molecule has 0 saturated heterocycles. The Balaban J connectivity index is 3.71. The van der Waals surface area contributed by atoms with Crippen LogP contribution in [0.15, 0.2) is 0 Å². The Kier molecular flexibility index (Phi) is 26.3. The van der Waals surface area contributed by atoms with Gasteiger partial charge in [-0.25, -0.2) is 0 Å². The number of rotatable bonds is 28. The fraction of sp³-hybridized carbons (Fsp3) is 1.00. The van der Waals surface area contributed by atoms with E-state index in [0.717, 1.165) is 45.3 Å². The van der Waals surface area contributed by atoms with E-state index in [9.17, 15) is 4.39 Å². The maximum absolute atomic E-state index is 12.1. The van der Waals surface area contributed by atoms with Crippen molar-refractivity contribution in [3.8, 4) is 0 Å². The zero-order chi connectivity index (χ0) is 24.3. The molecule has 0 aliphatic rings. The Morgan fingerprint density at radius 3 is 1.33 bits per heavy atom. The highest BCUT2D eigenvalue weighted by atomic mass is 19.1. The van der Waals surface area contributed by atoms with Gasteiger partial charge in [0.05, 0.1) is 13.3 Å². The molecule has 3 heteroatoms. The maximum Gasteiger partial charge on any atom is 0.167 e. The first-order chi connectivity index (χ1) is 16.2. The fourth-order valence-corrected chi connectivity index (χ4v) is 4.76. The largest absolute Gasteiger partial charge is 0.350 e. The van der Waals surface area contributed by atoms with Crippen LogP contribution in [0.5, 0.6) is 0 Å². The van der Waals surface area contributed by atoms with Gasteiger partial charge in [-0.1, -0.05) is 129 Å². The standard InChI is InChI=1S/C30H61FO2/c1-4-7-8-9-10-11-12-13-14-15-18-21-24-27-30(5-2,32-6-3)33-29-26-23-20-17-16-19-22-25-28-31/h4-29H2,1-3H3. The van der Waals surface area contributed by atoms with Crippen molar-refractivity contribution < 1.29 is 13.9 Å². The van der Waals surface area contributed by atoms with E-state index >= 15 is 0 Å². The normalized spacial score (nSPS) is 13.5. The molecule has 0 aliphatic carbocycles. The third-order valence-corrected chi connectivity index (χ3v) is 7.00. The number of alkyl halides is 1.